The van der Waals surface area contributed by atoms with E-state index in [1.807, 2.05) is 0 Å². The molecule has 0 fully saturated rings. The number of rotatable bonds is 5. The number of nitrogens with zero attached hydrogens (tertiary/aromatic N) is 3. The lowest BCUT2D eigenvalue weighted by Crippen LogP contribution is -2.31. The van der Waals surface area contributed by atoms with E-state index >= 15 is 0 Å². The highest BCUT2D eigenvalue weighted by Crippen LogP contribution is 2.38. The fraction of sp³-hybridized carbons (Fsp3) is 0.227. The van der Waals surface area contributed by atoms with Gasteiger partial charge in [0.25, 0.3) is 5.91 Å². The molecular formula is C22H20F3N5O3. The number of benzene rings is 2. The molecular weight excluding hydrogens is 439 g/mol. The fourth-order valence-electron chi connectivity index (χ4n) is 3.64. The first-order valence-corrected chi connectivity index (χ1v) is 9.80. The zero-order valence-corrected chi connectivity index (χ0v) is 17.9. The number of carbonyl (C=O) groups excluding carboxylic acids is 1. The third-order valence-electron chi connectivity index (χ3n) is 5.25. The number of fused-ring (bicyclic) bond motifs is 1. The molecule has 0 aliphatic carbocycles. The third kappa shape index (κ3) is 4.21. The topological polar surface area (TPSA) is 90.3 Å². The van der Waals surface area contributed by atoms with Gasteiger partial charge in [-0.1, -0.05) is 12.1 Å². The molecule has 3 aromatic rings. The van der Waals surface area contributed by atoms with Gasteiger partial charge < -0.3 is 20.1 Å². The van der Waals surface area contributed by atoms with Crippen LogP contribution in [0.1, 0.15) is 24.1 Å². The van der Waals surface area contributed by atoms with E-state index in [1.54, 1.807) is 25.1 Å². The van der Waals surface area contributed by atoms with Crippen LogP contribution in [0.15, 0.2) is 60.1 Å². The van der Waals surface area contributed by atoms with Gasteiger partial charge in [-0.3, -0.25) is 4.79 Å². The molecule has 2 heterocycles. The summed E-state index contributed by atoms with van der Waals surface area (Å²) in [4.78, 5) is 17.5. The molecule has 1 unspecified atom stereocenters. The van der Waals surface area contributed by atoms with E-state index in [9.17, 15) is 18.0 Å². The van der Waals surface area contributed by atoms with Gasteiger partial charge in [0.05, 0.1) is 31.0 Å². The van der Waals surface area contributed by atoms with E-state index in [4.69, 9.17) is 9.47 Å². The summed E-state index contributed by atoms with van der Waals surface area (Å²) in [5.41, 5.74) is 0.825. The third-order valence-corrected chi connectivity index (χ3v) is 5.25. The smallest absolute Gasteiger partial charge is 0.416 e. The van der Waals surface area contributed by atoms with Gasteiger partial charge >= 0.3 is 6.18 Å². The number of hydrogen-bond acceptors (Lipinski definition) is 6. The molecule has 2 N–H and O–H groups in total. The molecule has 0 spiro atoms. The number of methoxy groups -OCH3 is 2. The summed E-state index contributed by atoms with van der Waals surface area (Å²) in [7, 11) is 2.98. The zero-order valence-electron chi connectivity index (χ0n) is 17.9. The Kier molecular flexibility index (Phi) is 5.71. The summed E-state index contributed by atoms with van der Waals surface area (Å²) in [6, 6.07) is 8.75. The van der Waals surface area contributed by atoms with E-state index < -0.39 is 23.7 Å². The second-order valence-electron chi connectivity index (χ2n) is 7.23. The summed E-state index contributed by atoms with van der Waals surface area (Å²) in [5.74, 6) is 0.831. The van der Waals surface area contributed by atoms with E-state index in [-0.39, 0.29) is 5.57 Å². The van der Waals surface area contributed by atoms with Crippen LogP contribution in [-0.4, -0.2) is 34.9 Å². The number of amides is 1. The van der Waals surface area contributed by atoms with Gasteiger partial charge in [0.15, 0.2) is 0 Å². The summed E-state index contributed by atoms with van der Waals surface area (Å²) >= 11 is 0. The molecule has 0 saturated carbocycles. The number of carbonyl (C=O) groups is 1. The molecule has 1 aliphatic rings. The number of aromatic nitrogens is 3. The lowest BCUT2D eigenvalue weighted by molar-refractivity contribution is -0.137. The van der Waals surface area contributed by atoms with Gasteiger partial charge in [0.2, 0.25) is 5.95 Å². The molecule has 8 nitrogen and oxygen atoms in total. The van der Waals surface area contributed by atoms with Crippen molar-refractivity contribution >= 4 is 17.5 Å². The minimum atomic E-state index is -4.47. The number of nitrogens with one attached hydrogen (secondary N) is 2. The number of hydrogen-bond donors (Lipinski definition) is 2. The lowest BCUT2D eigenvalue weighted by Gasteiger charge is -2.29. The van der Waals surface area contributed by atoms with Crippen LogP contribution < -0.4 is 20.1 Å². The van der Waals surface area contributed by atoms with Crippen LogP contribution in [0.4, 0.5) is 24.8 Å². The van der Waals surface area contributed by atoms with Gasteiger partial charge in [0.1, 0.15) is 23.9 Å². The molecule has 1 aromatic heterocycles. The number of anilines is 2. The Morgan fingerprint density at radius 2 is 1.85 bits per heavy atom. The van der Waals surface area contributed by atoms with Crippen LogP contribution >= 0.6 is 0 Å². The Labute approximate surface area is 187 Å². The van der Waals surface area contributed by atoms with Crippen LogP contribution in [0, 0.1) is 0 Å². The molecule has 2 aromatic carbocycles. The standard InChI is InChI=1S/C22H20F3N5O3/c1-12-18(20(31)29-16-9-8-15(32-2)10-17(16)33-3)19(30-21(28-12)26-11-27-30)13-4-6-14(7-5-13)22(23,24)25/h4-11,19H,1-3H3,(H,29,31)(H,26,27,28). The van der Waals surface area contributed by atoms with Crippen LogP contribution in [0.3, 0.4) is 0 Å². The molecule has 33 heavy (non-hydrogen) atoms. The number of allylic oxidation sites excluding steroid dienone is 1. The first-order valence-electron chi connectivity index (χ1n) is 9.80. The highest BCUT2D eigenvalue weighted by atomic mass is 19.4. The molecule has 11 heteroatoms. The van der Waals surface area contributed by atoms with Crippen molar-refractivity contribution in [3.8, 4) is 11.5 Å². The largest absolute Gasteiger partial charge is 0.497 e. The summed E-state index contributed by atoms with van der Waals surface area (Å²) < 4.78 is 51.1. The highest BCUT2D eigenvalue weighted by molar-refractivity contribution is 6.06. The van der Waals surface area contributed by atoms with Crippen molar-refractivity contribution in [3.63, 3.8) is 0 Å². The summed E-state index contributed by atoms with van der Waals surface area (Å²) in [6.45, 7) is 1.69. The molecule has 0 radical (unpaired) electrons. The maximum Gasteiger partial charge on any atom is 0.416 e. The van der Waals surface area contributed by atoms with Crippen molar-refractivity contribution in [1.82, 2.24) is 14.8 Å². The monoisotopic (exact) mass is 459 g/mol. The van der Waals surface area contributed by atoms with Gasteiger partial charge in [-0.25, -0.2) is 4.68 Å². The SMILES string of the molecule is COc1ccc(NC(=O)C2=C(C)Nc3ncnn3C2c2ccc(C(F)(F)F)cc2)c(OC)c1. The highest BCUT2D eigenvalue weighted by Gasteiger charge is 2.35. The van der Waals surface area contributed by atoms with Crippen molar-refractivity contribution in [2.24, 2.45) is 0 Å². The normalized spacial score (nSPS) is 15.5. The van der Waals surface area contributed by atoms with Gasteiger partial charge in [-0.15, -0.1) is 0 Å². The van der Waals surface area contributed by atoms with E-state index in [2.05, 4.69) is 20.7 Å². The van der Waals surface area contributed by atoms with Crippen molar-refractivity contribution < 1.29 is 27.4 Å². The van der Waals surface area contributed by atoms with Crippen molar-refractivity contribution in [2.45, 2.75) is 19.1 Å². The first kappa shape index (κ1) is 22.2. The van der Waals surface area contributed by atoms with E-state index in [1.165, 1.54) is 37.4 Å². The average Bonchev–Trinajstić information content (AvgIpc) is 3.25. The average molecular weight is 459 g/mol. The van der Waals surface area contributed by atoms with E-state index in [0.717, 1.165) is 12.1 Å². The van der Waals surface area contributed by atoms with Crippen LogP contribution in [0.25, 0.3) is 0 Å². The van der Waals surface area contributed by atoms with Crippen molar-refractivity contribution in [3.05, 3.63) is 71.2 Å². The summed E-state index contributed by atoms with van der Waals surface area (Å²) in [6.07, 6.45) is -3.16. The Balaban J connectivity index is 1.73. The van der Waals surface area contributed by atoms with Crippen molar-refractivity contribution in [1.29, 1.82) is 0 Å². The lowest BCUT2D eigenvalue weighted by atomic mass is 9.94. The zero-order chi connectivity index (χ0) is 23.8. The van der Waals surface area contributed by atoms with Crippen LogP contribution in [0.2, 0.25) is 0 Å². The quantitative estimate of drug-likeness (QED) is 0.593. The summed E-state index contributed by atoms with van der Waals surface area (Å²) in [5, 5.41) is 10.0. The number of halogens is 3. The molecule has 1 aliphatic heterocycles. The maximum absolute atomic E-state index is 13.4. The minimum absolute atomic E-state index is 0.269. The second kappa shape index (κ2) is 8.49. The fourth-order valence-corrected chi connectivity index (χ4v) is 3.64. The molecule has 172 valence electrons. The van der Waals surface area contributed by atoms with Crippen LogP contribution in [0.5, 0.6) is 11.5 Å². The first-order chi connectivity index (χ1) is 15.7. The van der Waals surface area contributed by atoms with E-state index in [0.29, 0.717) is 34.4 Å². The van der Waals surface area contributed by atoms with Crippen LogP contribution in [-0.2, 0) is 11.0 Å². The molecule has 1 amide bonds. The molecule has 4 rings (SSSR count). The molecule has 0 bridgehead atoms. The Bertz CT molecular complexity index is 1220. The Morgan fingerprint density at radius 1 is 1.12 bits per heavy atom. The minimum Gasteiger partial charge on any atom is -0.497 e. The Hall–Kier alpha value is -4.02. The molecule has 0 saturated heterocycles. The Morgan fingerprint density at radius 3 is 2.48 bits per heavy atom. The number of ether oxygens (including phenoxy) is 2. The maximum atomic E-state index is 13.4. The van der Waals surface area contributed by atoms with Gasteiger partial charge in [-0.2, -0.15) is 23.3 Å². The molecule has 1 atom stereocenters. The number of alkyl halides is 3. The van der Waals surface area contributed by atoms with Crippen molar-refractivity contribution in [2.75, 3.05) is 24.9 Å². The predicted octanol–water partition coefficient (Wildman–Crippen LogP) is 4.24. The van der Waals surface area contributed by atoms with Gasteiger partial charge in [-0.05, 0) is 36.8 Å². The van der Waals surface area contributed by atoms with Gasteiger partial charge in [0, 0.05) is 11.8 Å². The second-order valence-corrected chi connectivity index (χ2v) is 7.23. The predicted molar refractivity (Wildman–Crippen MR) is 114 cm³/mol.